The summed E-state index contributed by atoms with van der Waals surface area (Å²) >= 11 is 0. The number of nitrogens with zero attached hydrogens (tertiary/aromatic N) is 1. The summed E-state index contributed by atoms with van der Waals surface area (Å²) in [5.41, 5.74) is 0.687. The lowest BCUT2D eigenvalue weighted by Gasteiger charge is -2.16. The van der Waals surface area contributed by atoms with Crippen LogP contribution in [0.4, 0.5) is 0 Å². The van der Waals surface area contributed by atoms with Crippen LogP contribution < -0.4 is 5.32 Å². The van der Waals surface area contributed by atoms with Gasteiger partial charge in [0.25, 0.3) is 0 Å². The van der Waals surface area contributed by atoms with E-state index in [1.807, 2.05) is 20.0 Å². The molecule has 0 saturated heterocycles. The van der Waals surface area contributed by atoms with E-state index >= 15 is 0 Å². The van der Waals surface area contributed by atoms with Crippen molar-refractivity contribution in [1.82, 2.24) is 9.88 Å². The second kappa shape index (κ2) is 7.43. The molecule has 1 saturated carbocycles. The van der Waals surface area contributed by atoms with Crippen molar-refractivity contribution in [3.8, 4) is 0 Å². The Kier molecular flexibility index (Phi) is 5.59. The molecule has 1 N–H and O–H groups in total. The van der Waals surface area contributed by atoms with Crippen molar-refractivity contribution in [3.05, 3.63) is 24.0 Å². The Morgan fingerprint density at radius 2 is 1.90 bits per heavy atom. The van der Waals surface area contributed by atoms with Gasteiger partial charge in [0.1, 0.15) is 6.54 Å². The van der Waals surface area contributed by atoms with E-state index in [0.29, 0.717) is 18.2 Å². The maximum absolute atomic E-state index is 12.1. The van der Waals surface area contributed by atoms with E-state index in [2.05, 4.69) is 5.32 Å². The lowest BCUT2D eigenvalue weighted by Crippen LogP contribution is -2.36. The van der Waals surface area contributed by atoms with Crippen molar-refractivity contribution in [2.75, 3.05) is 0 Å². The smallest absolute Gasteiger partial charge is 0.240 e. The lowest BCUT2D eigenvalue weighted by atomic mass is 10.0. The molecule has 1 fully saturated rings. The highest BCUT2D eigenvalue weighted by Crippen LogP contribution is 2.17. The van der Waals surface area contributed by atoms with Gasteiger partial charge in [-0.1, -0.05) is 39.5 Å². The highest BCUT2D eigenvalue weighted by molar-refractivity contribution is 5.97. The molecule has 116 valence electrons. The zero-order chi connectivity index (χ0) is 15.2. The summed E-state index contributed by atoms with van der Waals surface area (Å²) in [5.74, 6) is 0.152. The van der Waals surface area contributed by atoms with E-state index in [4.69, 9.17) is 0 Å². The molecule has 1 aliphatic rings. The van der Waals surface area contributed by atoms with E-state index < -0.39 is 0 Å². The first-order valence-corrected chi connectivity index (χ1v) is 8.05. The fourth-order valence-corrected chi connectivity index (χ4v) is 2.88. The van der Waals surface area contributed by atoms with Gasteiger partial charge in [-0.05, 0) is 18.9 Å². The molecular formula is C17H26N2O2. The van der Waals surface area contributed by atoms with Gasteiger partial charge in [0.15, 0.2) is 5.78 Å². The number of hydrogen-bond acceptors (Lipinski definition) is 2. The zero-order valence-electron chi connectivity index (χ0n) is 13.1. The topological polar surface area (TPSA) is 51.1 Å². The first kappa shape index (κ1) is 15.8. The minimum Gasteiger partial charge on any atom is -0.352 e. The molecule has 0 bridgehead atoms. The monoisotopic (exact) mass is 290 g/mol. The molecule has 1 amide bonds. The van der Waals surface area contributed by atoms with Crippen LogP contribution in [-0.4, -0.2) is 22.3 Å². The standard InChI is InChI=1S/C17H26N2O2/c1-13(2)17(21)14-9-10-19(11-14)12-16(20)18-15-7-5-3-4-6-8-15/h9-11,13,15H,3-8,12H2,1-2H3,(H,18,20). The van der Waals surface area contributed by atoms with Crippen molar-refractivity contribution in [1.29, 1.82) is 0 Å². The van der Waals surface area contributed by atoms with Gasteiger partial charge in [0, 0.05) is 29.9 Å². The second-order valence-corrected chi connectivity index (χ2v) is 6.35. The first-order chi connectivity index (χ1) is 10.1. The molecule has 4 nitrogen and oxygen atoms in total. The number of aromatic nitrogens is 1. The number of Topliss-reactive ketones (excluding diaryl/α,β-unsaturated/α-hetero) is 1. The number of hydrogen-bond donors (Lipinski definition) is 1. The second-order valence-electron chi connectivity index (χ2n) is 6.35. The molecule has 1 aliphatic carbocycles. The van der Waals surface area contributed by atoms with Gasteiger partial charge in [0.05, 0.1) is 0 Å². The number of rotatable bonds is 5. The Hall–Kier alpha value is -1.58. The summed E-state index contributed by atoms with van der Waals surface area (Å²) < 4.78 is 1.79. The summed E-state index contributed by atoms with van der Waals surface area (Å²) in [6.45, 7) is 4.07. The molecule has 2 rings (SSSR count). The summed E-state index contributed by atoms with van der Waals surface area (Å²) in [6, 6.07) is 2.12. The van der Waals surface area contributed by atoms with Crippen molar-refractivity contribution in [2.45, 2.75) is 65.0 Å². The fourth-order valence-electron chi connectivity index (χ4n) is 2.88. The van der Waals surface area contributed by atoms with Crippen molar-refractivity contribution in [3.63, 3.8) is 0 Å². The minimum absolute atomic E-state index is 0.0133. The lowest BCUT2D eigenvalue weighted by molar-refractivity contribution is -0.122. The summed E-state index contributed by atoms with van der Waals surface area (Å²) in [6.07, 6.45) is 10.7. The van der Waals surface area contributed by atoms with E-state index in [1.54, 1.807) is 16.8 Å². The van der Waals surface area contributed by atoms with Crippen LogP contribution in [0.15, 0.2) is 18.5 Å². The SMILES string of the molecule is CC(C)C(=O)c1ccn(CC(=O)NC2CCCCCC2)c1. The Labute approximate surface area is 126 Å². The quantitative estimate of drug-likeness (QED) is 0.669. The molecule has 0 spiro atoms. The van der Waals surface area contributed by atoms with E-state index in [1.165, 1.54) is 25.7 Å². The minimum atomic E-state index is -0.0133. The Morgan fingerprint density at radius 3 is 2.52 bits per heavy atom. The van der Waals surface area contributed by atoms with Gasteiger partial charge in [-0.3, -0.25) is 9.59 Å². The Bertz CT molecular complexity index is 483. The number of carbonyl (C=O) groups excluding carboxylic acids is 2. The van der Waals surface area contributed by atoms with Crippen LogP contribution >= 0.6 is 0 Å². The van der Waals surface area contributed by atoms with E-state index in [-0.39, 0.29) is 17.6 Å². The molecule has 4 heteroatoms. The number of ketones is 1. The highest BCUT2D eigenvalue weighted by atomic mass is 16.2. The zero-order valence-corrected chi connectivity index (χ0v) is 13.1. The van der Waals surface area contributed by atoms with Gasteiger partial charge < -0.3 is 9.88 Å². The number of nitrogens with one attached hydrogen (secondary N) is 1. The molecule has 0 aromatic carbocycles. The summed E-state index contributed by atoms with van der Waals surface area (Å²) in [7, 11) is 0. The van der Waals surface area contributed by atoms with Gasteiger partial charge in [-0.2, -0.15) is 0 Å². The van der Waals surface area contributed by atoms with Crippen LogP contribution in [0.3, 0.4) is 0 Å². The highest BCUT2D eigenvalue weighted by Gasteiger charge is 2.16. The van der Waals surface area contributed by atoms with Crippen molar-refractivity contribution >= 4 is 11.7 Å². The average Bonchev–Trinajstić information content (AvgIpc) is 2.74. The third-order valence-corrected chi connectivity index (χ3v) is 4.11. The van der Waals surface area contributed by atoms with Crippen molar-refractivity contribution in [2.24, 2.45) is 5.92 Å². The van der Waals surface area contributed by atoms with Crippen LogP contribution in [0, 0.1) is 5.92 Å². The molecule has 0 aliphatic heterocycles. The average molecular weight is 290 g/mol. The Morgan fingerprint density at radius 1 is 1.24 bits per heavy atom. The van der Waals surface area contributed by atoms with Gasteiger partial charge in [0.2, 0.25) is 5.91 Å². The fraction of sp³-hybridized carbons (Fsp3) is 0.647. The predicted molar refractivity (Wildman–Crippen MR) is 83.2 cm³/mol. The molecule has 0 radical (unpaired) electrons. The molecule has 21 heavy (non-hydrogen) atoms. The summed E-state index contributed by atoms with van der Waals surface area (Å²) in [5, 5.41) is 3.12. The Balaban J connectivity index is 1.86. The largest absolute Gasteiger partial charge is 0.352 e. The maximum Gasteiger partial charge on any atom is 0.240 e. The van der Waals surface area contributed by atoms with Gasteiger partial charge in [-0.15, -0.1) is 0 Å². The number of amides is 1. The normalized spacial score (nSPS) is 16.7. The van der Waals surface area contributed by atoms with Crippen molar-refractivity contribution < 1.29 is 9.59 Å². The molecular weight excluding hydrogens is 264 g/mol. The molecule has 1 aromatic heterocycles. The van der Waals surface area contributed by atoms with Crippen LogP contribution in [0.1, 0.15) is 62.7 Å². The van der Waals surface area contributed by atoms with Crippen LogP contribution in [0.25, 0.3) is 0 Å². The molecule has 0 atom stereocenters. The van der Waals surface area contributed by atoms with Crippen LogP contribution in [0.5, 0.6) is 0 Å². The third kappa shape index (κ3) is 4.73. The van der Waals surface area contributed by atoms with E-state index in [9.17, 15) is 9.59 Å². The maximum atomic E-state index is 12.1. The molecule has 1 aromatic rings. The van der Waals surface area contributed by atoms with Crippen LogP contribution in [-0.2, 0) is 11.3 Å². The van der Waals surface area contributed by atoms with Crippen LogP contribution in [0.2, 0.25) is 0 Å². The molecule has 1 heterocycles. The number of carbonyl (C=O) groups is 2. The summed E-state index contributed by atoms with van der Waals surface area (Å²) in [4.78, 5) is 24.0. The third-order valence-electron chi connectivity index (χ3n) is 4.11. The van der Waals surface area contributed by atoms with E-state index in [0.717, 1.165) is 12.8 Å². The molecule has 0 unspecified atom stereocenters. The van der Waals surface area contributed by atoms with Gasteiger partial charge >= 0.3 is 0 Å². The first-order valence-electron chi connectivity index (χ1n) is 8.05. The predicted octanol–water partition coefficient (Wildman–Crippen LogP) is 3.17. The van der Waals surface area contributed by atoms with Gasteiger partial charge in [-0.25, -0.2) is 0 Å².